The van der Waals surface area contributed by atoms with Gasteiger partial charge in [-0.2, -0.15) is 4.98 Å². The van der Waals surface area contributed by atoms with Crippen LogP contribution >= 0.6 is 0 Å². The predicted molar refractivity (Wildman–Crippen MR) is 95.4 cm³/mol. The minimum absolute atomic E-state index is 0.0566. The molecule has 2 atom stereocenters. The summed E-state index contributed by atoms with van der Waals surface area (Å²) in [5.74, 6) is 1.13. The Morgan fingerprint density at radius 2 is 2.00 bits per heavy atom. The van der Waals surface area contributed by atoms with Gasteiger partial charge in [-0.05, 0) is 13.8 Å². The lowest BCUT2D eigenvalue weighted by atomic mass is 10.1. The number of carbonyl (C=O) groups is 1. The molecule has 0 aromatic carbocycles. The van der Waals surface area contributed by atoms with E-state index in [4.69, 9.17) is 9.72 Å². The number of carboxylic acids is 1. The Morgan fingerprint density at radius 3 is 2.68 bits per heavy atom. The zero-order valence-electron chi connectivity index (χ0n) is 15.4. The average Bonchev–Trinajstić information content (AvgIpc) is 2.78. The van der Waals surface area contributed by atoms with Crippen LogP contribution in [0.4, 0.5) is 11.8 Å². The SMILES string of the molecule is Cc1nc(N(C)C)nc(N2C[C@@H]3COC[C@H](C2)N(CC(=O)O)C3)c1C. The highest BCUT2D eigenvalue weighted by Gasteiger charge is 2.35. The molecule has 1 aromatic rings. The molecule has 0 amide bonds. The summed E-state index contributed by atoms with van der Waals surface area (Å²) in [6.07, 6.45) is 0. The van der Waals surface area contributed by atoms with E-state index in [9.17, 15) is 9.90 Å². The third-order valence-corrected chi connectivity index (χ3v) is 4.97. The van der Waals surface area contributed by atoms with Crippen LogP contribution in [0.2, 0.25) is 0 Å². The van der Waals surface area contributed by atoms with E-state index in [1.54, 1.807) is 0 Å². The van der Waals surface area contributed by atoms with Gasteiger partial charge in [0.25, 0.3) is 0 Å². The molecule has 0 radical (unpaired) electrons. The van der Waals surface area contributed by atoms with Gasteiger partial charge < -0.3 is 19.6 Å². The summed E-state index contributed by atoms with van der Waals surface area (Å²) >= 11 is 0. The van der Waals surface area contributed by atoms with Crippen molar-refractivity contribution < 1.29 is 14.6 Å². The van der Waals surface area contributed by atoms with Crippen molar-refractivity contribution in [2.75, 3.05) is 63.3 Å². The van der Waals surface area contributed by atoms with Crippen LogP contribution < -0.4 is 9.80 Å². The van der Waals surface area contributed by atoms with Crippen LogP contribution in [0.5, 0.6) is 0 Å². The van der Waals surface area contributed by atoms with Crippen LogP contribution in [0.1, 0.15) is 11.3 Å². The number of hydrogen-bond acceptors (Lipinski definition) is 7. The fourth-order valence-corrected chi connectivity index (χ4v) is 3.58. The molecule has 2 bridgehead atoms. The number of anilines is 2. The van der Waals surface area contributed by atoms with Gasteiger partial charge in [-0.3, -0.25) is 9.69 Å². The van der Waals surface area contributed by atoms with Crippen molar-refractivity contribution in [1.29, 1.82) is 0 Å². The minimum Gasteiger partial charge on any atom is -0.480 e. The van der Waals surface area contributed by atoms with Crippen LogP contribution in [0, 0.1) is 19.8 Å². The lowest BCUT2D eigenvalue weighted by Gasteiger charge is -2.32. The van der Waals surface area contributed by atoms with Crippen molar-refractivity contribution in [2.24, 2.45) is 5.92 Å². The van der Waals surface area contributed by atoms with Crippen LogP contribution in [-0.4, -0.2) is 85.5 Å². The van der Waals surface area contributed by atoms with Gasteiger partial charge in [0.15, 0.2) is 0 Å². The van der Waals surface area contributed by atoms with E-state index in [0.717, 1.165) is 30.2 Å². The van der Waals surface area contributed by atoms with Crippen molar-refractivity contribution in [3.63, 3.8) is 0 Å². The Balaban J connectivity index is 1.92. The first-order valence-electron chi connectivity index (χ1n) is 8.66. The first-order valence-corrected chi connectivity index (χ1v) is 8.66. The van der Waals surface area contributed by atoms with Gasteiger partial charge in [0, 0.05) is 50.9 Å². The fourth-order valence-electron chi connectivity index (χ4n) is 3.58. The summed E-state index contributed by atoms with van der Waals surface area (Å²) in [6.45, 7) is 7.62. The minimum atomic E-state index is -0.789. The average molecular weight is 349 g/mol. The Kier molecular flexibility index (Phi) is 5.10. The molecular formula is C17H27N5O3. The van der Waals surface area contributed by atoms with E-state index in [1.807, 2.05) is 30.8 Å². The predicted octanol–water partition coefficient (Wildman–Crippen LogP) is 0.381. The van der Waals surface area contributed by atoms with Gasteiger partial charge in [-0.25, -0.2) is 4.98 Å². The number of carboxylic acid groups (broad SMARTS) is 1. The third-order valence-electron chi connectivity index (χ3n) is 4.97. The van der Waals surface area contributed by atoms with Gasteiger partial charge in [-0.1, -0.05) is 0 Å². The van der Waals surface area contributed by atoms with Crippen molar-refractivity contribution in [1.82, 2.24) is 14.9 Å². The summed E-state index contributed by atoms with van der Waals surface area (Å²) in [7, 11) is 3.88. The number of aliphatic carboxylic acids is 1. The lowest BCUT2D eigenvalue weighted by molar-refractivity contribution is -0.138. The second-order valence-electron chi connectivity index (χ2n) is 7.24. The second-order valence-corrected chi connectivity index (χ2v) is 7.24. The van der Waals surface area contributed by atoms with E-state index < -0.39 is 5.97 Å². The summed E-state index contributed by atoms with van der Waals surface area (Å²) in [5.41, 5.74) is 2.05. The van der Waals surface area contributed by atoms with Crippen molar-refractivity contribution in [2.45, 2.75) is 19.9 Å². The Bertz CT molecular complexity index is 651. The van der Waals surface area contributed by atoms with Crippen molar-refractivity contribution in [3.8, 4) is 0 Å². The molecule has 3 rings (SSSR count). The summed E-state index contributed by atoms with van der Waals surface area (Å²) in [4.78, 5) is 26.8. The van der Waals surface area contributed by atoms with Crippen molar-refractivity contribution >= 4 is 17.7 Å². The number of aromatic nitrogens is 2. The summed E-state index contributed by atoms with van der Waals surface area (Å²) in [6, 6.07) is 0.0566. The molecule has 0 unspecified atom stereocenters. The standard InChI is InChI=1S/C17H27N5O3/c1-11-12(2)18-17(20(3)4)19-16(11)22-6-13-5-21(8-15(23)24)14(7-22)10-25-9-13/h13-14H,5-10H2,1-4H3,(H,23,24)/t13-,14+/m1/s1. The highest BCUT2D eigenvalue weighted by molar-refractivity contribution is 5.69. The summed E-state index contributed by atoms with van der Waals surface area (Å²) in [5, 5.41) is 9.22. The van der Waals surface area contributed by atoms with E-state index in [1.165, 1.54) is 0 Å². The maximum atomic E-state index is 11.2. The molecule has 0 saturated carbocycles. The molecule has 2 fully saturated rings. The fraction of sp³-hybridized carbons (Fsp3) is 0.706. The smallest absolute Gasteiger partial charge is 0.317 e. The van der Waals surface area contributed by atoms with Gasteiger partial charge in [0.2, 0.25) is 5.95 Å². The zero-order chi connectivity index (χ0) is 18.1. The molecule has 1 aromatic heterocycles. The van der Waals surface area contributed by atoms with Gasteiger partial charge in [0.1, 0.15) is 5.82 Å². The number of ether oxygens (including phenoxy) is 1. The molecule has 2 saturated heterocycles. The van der Waals surface area contributed by atoms with E-state index in [-0.39, 0.29) is 18.5 Å². The van der Waals surface area contributed by atoms with E-state index >= 15 is 0 Å². The topological polar surface area (TPSA) is 82.0 Å². The quantitative estimate of drug-likeness (QED) is 0.836. The Labute approximate surface area is 148 Å². The maximum Gasteiger partial charge on any atom is 0.317 e. The summed E-state index contributed by atoms with van der Waals surface area (Å²) < 4.78 is 5.77. The van der Waals surface area contributed by atoms with Crippen LogP contribution in [-0.2, 0) is 9.53 Å². The molecule has 1 N–H and O–H groups in total. The molecule has 2 aliphatic rings. The van der Waals surface area contributed by atoms with Crippen LogP contribution in [0.3, 0.4) is 0 Å². The van der Waals surface area contributed by atoms with Crippen LogP contribution in [0.25, 0.3) is 0 Å². The molecule has 8 heteroatoms. The Morgan fingerprint density at radius 1 is 1.24 bits per heavy atom. The zero-order valence-corrected chi connectivity index (χ0v) is 15.4. The second kappa shape index (κ2) is 7.13. The number of nitrogens with zero attached hydrogens (tertiary/aromatic N) is 5. The maximum absolute atomic E-state index is 11.2. The first-order chi connectivity index (χ1) is 11.8. The molecule has 3 heterocycles. The lowest BCUT2D eigenvalue weighted by Crippen LogP contribution is -2.46. The number of hydrogen-bond donors (Lipinski definition) is 1. The van der Waals surface area contributed by atoms with Gasteiger partial charge in [-0.15, -0.1) is 0 Å². The van der Waals surface area contributed by atoms with Gasteiger partial charge >= 0.3 is 5.97 Å². The van der Waals surface area contributed by atoms with Gasteiger partial charge in [0.05, 0.1) is 25.8 Å². The number of rotatable bonds is 4. The third kappa shape index (κ3) is 3.85. The molecule has 2 aliphatic heterocycles. The molecule has 25 heavy (non-hydrogen) atoms. The van der Waals surface area contributed by atoms with E-state index in [2.05, 4.69) is 16.8 Å². The van der Waals surface area contributed by atoms with Crippen LogP contribution in [0.15, 0.2) is 0 Å². The highest BCUT2D eigenvalue weighted by atomic mass is 16.5. The number of fused-ring (bicyclic) bond motifs is 3. The molecule has 0 aliphatic carbocycles. The Hall–Kier alpha value is -1.93. The largest absolute Gasteiger partial charge is 0.480 e. The highest BCUT2D eigenvalue weighted by Crippen LogP contribution is 2.27. The number of aryl methyl sites for hydroxylation is 1. The monoisotopic (exact) mass is 349 g/mol. The molecule has 138 valence electrons. The first kappa shape index (κ1) is 17.9. The molecule has 0 spiro atoms. The van der Waals surface area contributed by atoms with Crippen molar-refractivity contribution in [3.05, 3.63) is 11.3 Å². The molecular weight excluding hydrogens is 322 g/mol. The van der Waals surface area contributed by atoms with E-state index in [0.29, 0.717) is 25.7 Å². The molecule has 8 nitrogen and oxygen atoms in total. The normalized spacial score (nSPS) is 24.1.